The summed E-state index contributed by atoms with van der Waals surface area (Å²) in [6, 6.07) is 6.16. The van der Waals surface area contributed by atoms with Crippen LogP contribution >= 0.6 is 0 Å². The van der Waals surface area contributed by atoms with Crippen LogP contribution in [0.3, 0.4) is 0 Å². The molecule has 3 rings (SSSR count). The van der Waals surface area contributed by atoms with Gasteiger partial charge in [-0.15, -0.1) is 0 Å². The van der Waals surface area contributed by atoms with E-state index in [-0.39, 0.29) is 0 Å². The van der Waals surface area contributed by atoms with E-state index in [1.807, 2.05) is 62.1 Å². The average molecular weight is 515 g/mol. The highest BCUT2D eigenvalue weighted by Crippen LogP contribution is 2.35. The van der Waals surface area contributed by atoms with E-state index in [0.29, 0.717) is 6.61 Å². The van der Waals surface area contributed by atoms with Crippen LogP contribution in [-0.2, 0) is 0 Å². The van der Waals surface area contributed by atoms with E-state index in [1.165, 1.54) is 0 Å². The van der Waals surface area contributed by atoms with E-state index in [1.54, 1.807) is 7.11 Å². The fraction of sp³-hybridized carbons (Fsp3) is 0.406. The lowest BCUT2D eigenvalue weighted by Crippen LogP contribution is -2.04. The predicted molar refractivity (Wildman–Crippen MR) is 160 cm³/mol. The number of rotatable bonds is 13. The van der Waals surface area contributed by atoms with E-state index in [9.17, 15) is 0 Å². The smallest absolute Gasteiger partial charge is 0.145 e. The number of hydrogen-bond acceptors (Lipinski definition) is 5. The lowest BCUT2D eigenvalue weighted by atomic mass is 10.0. The van der Waals surface area contributed by atoms with Crippen molar-refractivity contribution in [3.63, 3.8) is 0 Å². The van der Waals surface area contributed by atoms with Gasteiger partial charge in [0.25, 0.3) is 0 Å². The maximum Gasteiger partial charge on any atom is 0.145 e. The number of ether oxygens (including phenoxy) is 2. The molecule has 1 aromatic carbocycles. The van der Waals surface area contributed by atoms with Crippen molar-refractivity contribution in [2.24, 2.45) is 4.99 Å². The number of aromatic nitrogens is 3. The Morgan fingerprint density at radius 3 is 2.55 bits per heavy atom. The summed E-state index contributed by atoms with van der Waals surface area (Å²) in [5.41, 5.74) is 6.68. The molecule has 0 spiro atoms. The van der Waals surface area contributed by atoms with Crippen molar-refractivity contribution in [3.05, 3.63) is 71.3 Å². The lowest BCUT2D eigenvalue weighted by molar-refractivity contribution is 0.314. The zero-order valence-corrected chi connectivity index (χ0v) is 24.0. The summed E-state index contributed by atoms with van der Waals surface area (Å²) in [5, 5.41) is 5.90. The number of nitrogens with zero attached hydrogens (tertiary/aromatic N) is 4. The highest BCUT2D eigenvalue weighted by molar-refractivity contribution is 5.88. The van der Waals surface area contributed by atoms with Crippen molar-refractivity contribution in [1.29, 1.82) is 0 Å². The largest absolute Gasteiger partial charge is 0.494 e. The first kappa shape index (κ1) is 28.9. The number of methoxy groups -OCH3 is 1. The molecule has 0 aliphatic rings. The van der Waals surface area contributed by atoms with Gasteiger partial charge in [-0.1, -0.05) is 51.8 Å². The summed E-state index contributed by atoms with van der Waals surface area (Å²) >= 11 is 0. The lowest BCUT2D eigenvalue weighted by Gasteiger charge is -2.15. The van der Waals surface area contributed by atoms with Gasteiger partial charge in [-0.3, -0.25) is 9.98 Å². The molecule has 0 aliphatic carbocycles. The van der Waals surface area contributed by atoms with Crippen molar-refractivity contribution < 1.29 is 9.47 Å². The van der Waals surface area contributed by atoms with E-state index < -0.39 is 0 Å². The molecule has 6 nitrogen and oxygen atoms in total. The third kappa shape index (κ3) is 6.80. The number of pyridine rings is 1. The van der Waals surface area contributed by atoms with Gasteiger partial charge in [-0.05, 0) is 63.8 Å². The second-order valence-corrected chi connectivity index (χ2v) is 9.33. The van der Waals surface area contributed by atoms with Crippen LogP contribution < -0.4 is 9.47 Å². The van der Waals surface area contributed by atoms with Gasteiger partial charge in [0.1, 0.15) is 17.2 Å². The molecule has 0 atom stereocenters. The topological polar surface area (TPSA) is 61.5 Å². The zero-order valence-electron chi connectivity index (χ0n) is 24.0. The van der Waals surface area contributed by atoms with Crippen LogP contribution in [0.1, 0.15) is 76.8 Å². The van der Waals surface area contributed by atoms with Crippen LogP contribution in [0.4, 0.5) is 0 Å². The van der Waals surface area contributed by atoms with Crippen molar-refractivity contribution in [3.8, 4) is 17.2 Å². The summed E-state index contributed by atoms with van der Waals surface area (Å²) in [5.74, 6) is 1.58. The van der Waals surface area contributed by atoms with Crippen LogP contribution in [-0.4, -0.2) is 34.7 Å². The van der Waals surface area contributed by atoms with Gasteiger partial charge in [-0.25, -0.2) is 4.68 Å². The highest BCUT2D eigenvalue weighted by atomic mass is 16.5. The number of allylic oxidation sites excluding steroid dienone is 6. The minimum Gasteiger partial charge on any atom is -0.494 e. The fourth-order valence-corrected chi connectivity index (χ4v) is 4.26. The van der Waals surface area contributed by atoms with Crippen LogP contribution in [0.5, 0.6) is 11.5 Å². The monoisotopic (exact) mass is 514 g/mol. The predicted octanol–water partition coefficient (Wildman–Crippen LogP) is 8.35. The molecule has 6 heteroatoms. The molecule has 0 N–H and O–H groups in total. The van der Waals surface area contributed by atoms with Gasteiger partial charge in [0.15, 0.2) is 0 Å². The van der Waals surface area contributed by atoms with Gasteiger partial charge in [0, 0.05) is 35.1 Å². The Balaban J connectivity index is 2.27. The molecule has 2 heterocycles. The van der Waals surface area contributed by atoms with Gasteiger partial charge in [0.05, 0.1) is 30.6 Å². The molecule has 38 heavy (non-hydrogen) atoms. The molecule has 0 aliphatic heterocycles. The summed E-state index contributed by atoms with van der Waals surface area (Å²) in [4.78, 5) is 9.71. The van der Waals surface area contributed by atoms with Crippen molar-refractivity contribution in [2.75, 3.05) is 13.7 Å². The van der Waals surface area contributed by atoms with E-state index >= 15 is 0 Å². The number of aliphatic imine (C=N–C) groups is 1. The summed E-state index contributed by atoms with van der Waals surface area (Å²) in [6.45, 7) is 13.2. The molecule has 0 fully saturated rings. The first-order chi connectivity index (χ1) is 18.5. The van der Waals surface area contributed by atoms with E-state index in [2.05, 4.69) is 39.0 Å². The van der Waals surface area contributed by atoms with Gasteiger partial charge in [-0.2, -0.15) is 5.10 Å². The van der Waals surface area contributed by atoms with Crippen LogP contribution in [0.15, 0.2) is 59.4 Å². The standard InChI is InChI=1S/C32H42N4O2/c1-8-12-14-16-25(27(15-10-3)33-17-13-9-2)28-20-29-26(22-34-28)24(6)35-36(29)30-21-31(38-18-11-4)23(5)19-32(30)37-7/h9,13-14,16-17,19-22H,8,10-12,15,18H2,1-7H3/b13-9-,16-14+,27-25-,33-17+. The first-order valence-electron chi connectivity index (χ1n) is 13.7. The van der Waals surface area contributed by atoms with Crippen molar-refractivity contribution in [1.82, 2.24) is 14.8 Å². The Labute approximate surface area is 227 Å². The molecule has 0 amide bonds. The van der Waals surface area contributed by atoms with Crippen molar-refractivity contribution >= 4 is 22.7 Å². The van der Waals surface area contributed by atoms with Gasteiger partial charge in [0.2, 0.25) is 0 Å². The Bertz CT molecular complexity index is 1350. The number of hydrogen-bond donors (Lipinski definition) is 0. The minimum absolute atomic E-state index is 0.658. The van der Waals surface area contributed by atoms with E-state index in [0.717, 1.165) is 88.4 Å². The molecule has 0 radical (unpaired) electrons. The Hall–Kier alpha value is -3.67. The van der Waals surface area contributed by atoms with E-state index in [4.69, 9.17) is 24.5 Å². The first-order valence-corrected chi connectivity index (χ1v) is 13.7. The highest BCUT2D eigenvalue weighted by Gasteiger charge is 2.18. The molecule has 0 saturated carbocycles. The summed E-state index contributed by atoms with van der Waals surface area (Å²) in [7, 11) is 1.69. The SMILES string of the molecule is C\C=C/C=N/C(CCC)=C(/C=C/CCC)c1cc2c(cn1)c(C)nn2-c1cc(OCCC)c(C)cc1OC. The average Bonchev–Trinajstić information content (AvgIpc) is 3.25. The quantitative estimate of drug-likeness (QED) is 0.170. The van der Waals surface area contributed by atoms with Crippen LogP contribution in [0.25, 0.3) is 22.2 Å². The second kappa shape index (κ2) is 14.3. The minimum atomic E-state index is 0.658. The Kier molecular flexibility index (Phi) is 10.9. The van der Waals surface area contributed by atoms with Gasteiger partial charge >= 0.3 is 0 Å². The third-order valence-corrected chi connectivity index (χ3v) is 6.24. The maximum atomic E-state index is 6.04. The van der Waals surface area contributed by atoms with Crippen LogP contribution in [0, 0.1) is 13.8 Å². The second-order valence-electron chi connectivity index (χ2n) is 9.33. The normalized spacial score (nSPS) is 12.8. The molecule has 3 aromatic rings. The summed E-state index contributed by atoms with van der Waals surface area (Å²) < 4.78 is 13.8. The number of aryl methyl sites for hydroxylation is 2. The number of benzene rings is 1. The van der Waals surface area contributed by atoms with Gasteiger partial charge < -0.3 is 9.47 Å². The molecule has 0 saturated heterocycles. The summed E-state index contributed by atoms with van der Waals surface area (Å²) in [6.07, 6.45) is 17.0. The molecule has 0 unspecified atom stereocenters. The number of fused-ring (bicyclic) bond motifs is 1. The molecular weight excluding hydrogens is 472 g/mol. The molecule has 2 aromatic heterocycles. The molecule has 0 bridgehead atoms. The molecule has 202 valence electrons. The Morgan fingerprint density at radius 2 is 1.87 bits per heavy atom. The maximum absolute atomic E-state index is 6.04. The number of unbranched alkanes of at least 4 members (excludes halogenated alkanes) is 1. The fourth-order valence-electron chi connectivity index (χ4n) is 4.26. The molecular formula is C32H42N4O2. The van der Waals surface area contributed by atoms with Crippen molar-refractivity contribution in [2.45, 2.75) is 73.6 Å². The third-order valence-electron chi connectivity index (χ3n) is 6.24. The van der Waals surface area contributed by atoms with Crippen LogP contribution in [0.2, 0.25) is 0 Å². The Morgan fingerprint density at radius 1 is 1.05 bits per heavy atom. The zero-order chi connectivity index (χ0) is 27.5.